The Kier molecular flexibility index (Phi) is 5.33. The summed E-state index contributed by atoms with van der Waals surface area (Å²) in [5.41, 5.74) is 2.31. The predicted molar refractivity (Wildman–Crippen MR) is 92.2 cm³/mol. The van der Waals surface area contributed by atoms with Gasteiger partial charge in [0, 0.05) is 13.1 Å². The normalized spacial score (nSPS) is 15.8. The summed E-state index contributed by atoms with van der Waals surface area (Å²) in [6, 6.07) is 15.6. The average molecular weight is 326 g/mol. The third-order valence-corrected chi connectivity index (χ3v) is 3.96. The van der Waals surface area contributed by atoms with Gasteiger partial charge in [-0.15, -0.1) is 0 Å². The average Bonchev–Trinajstić information content (AvgIpc) is 2.61. The van der Waals surface area contributed by atoms with Crippen LogP contribution in [0.2, 0.25) is 0 Å². The second kappa shape index (κ2) is 7.84. The number of rotatable bonds is 6. The summed E-state index contributed by atoms with van der Waals surface area (Å²) in [5.74, 6) is 1.49. The number of ether oxygens (including phenoxy) is 2. The topological polar surface area (TPSA) is 59.6 Å². The van der Waals surface area contributed by atoms with Crippen LogP contribution >= 0.6 is 0 Å². The zero-order valence-electron chi connectivity index (χ0n) is 13.7. The molecule has 1 amide bonds. The van der Waals surface area contributed by atoms with Gasteiger partial charge in [-0.25, -0.2) is 0 Å². The van der Waals surface area contributed by atoms with Crippen LogP contribution in [0.3, 0.4) is 0 Å². The van der Waals surface area contributed by atoms with E-state index >= 15 is 0 Å². The molecule has 126 valence electrons. The Morgan fingerprint density at radius 2 is 1.88 bits per heavy atom. The first-order chi connectivity index (χ1) is 11.7. The minimum absolute atomic E-state index is 0.0321. The van der Waals surface area contributed by atoms with Gasteiger partial charge >= 0.3 is 0 Å². The highest BCUT2D eigenvalue weighted by atomic mass is 16.6. The van der Waals surface area contributed by atoms with Gasteiger partial charge in [-0.3, -0.25) is 4.79 Å². The van der Waals surface area contributed by atoms with Crippen LogP contribution in [0.4, 0.5) is 0 Å². The highest BCUT2D eigenvalue weighted by Crippen LogP contribution is 2.30. The van der Waals surface area contributed by atoms with Crippen molar-refractivity contribution in [3.8, 4) is 11.5 Å². The molecule has 0 bridgehead atoms. The van der Waals surface area contributed by atoms with Gasteiger partial charge in [0.2, 0.25) is 5.91 Å². The van der Waals surface area contributed by atoms with Gasteiger partial charge in [-0.1, -0.05) is 36.4 Å². The van der Waals surface area contributed by atoms with Crippen LogP contribution in [0.1, 0.15) is 11.1 Å². The highest BCUT2D eigenvalue weighted by molar-refractivity contribution is 5.78. The van der Waals surface area contributed by atoms with Crippen LogP contribution in [-0.2, 0) is 11.3 Å². The number of amides is 1. The fraction of sp³-hybridized carbons (Fsp3) is 0.316. The summed E-state index contributed by atoms with van der Waals surface area (Å²) in [6.07, 6.45) is -0.0935. The van der Waals surface area contributed by atoms with Gasteiger partial charge < -0.3 is 20.1 Å². The summed E-state index contributed by atoms with van der Waals surface area (Å²) < 4.78 is 11.5. The van der Waals surface area contributed by atoms with Crippen molar-refractivity contribution < 1.29 is 14.3 Å². The van der Waals surface area contributed by atoms with Crippen LogP contribution in [0, 0.1) is 6.92 Å². The van der Waals surface area contributed by atoms with E-state index in [1.54, 1.807) is 0 Å². The standard InChI is InChI=1S/C19H22N2O3/c1-14-6-2-3-7-15(14)10-21-19(22)12-20-11-16-13-23-17-8-4-5-9-18(17)24-16/h2-9,16,20H,10-13H2,1H3,(H,21,22). The van der Waals surface area contributed by atoms with Crippen LogP contribution in [0.25, 0.3) is 0 Å². The van der Waals surface area contributed by atoms with Gasteiger partial charge in [-0.05, 0) is 30.2 Å². The number of benzene rings is 2. The third kappa shape index (κ3) is 4.26. The van der Waals surface area contributed by atoms with Crippen molar-refractivity contribution in [1.82, 2.24) is 10.6 Å². The molecule has 0 aliphatic carbocycles. The molecule has 0 spiro atoms. The molecule has 1 aliphatic rings. The second-order valence-electron chi connectivity index (χ2n) is 5.83. The van der Waals surface area contributed by atoms with E-state index in [-0.39, 0.29) is 18.6 Å². The van der Waals surface area contributed by atoms with Crippen LogP contribution < -0.4 is 20.1 Å². The maximum Gasteiger partial charge on any atom is 0.234 e. The Labute approximate surface area is 142 Å². The lowest BCUT2D eigenvalue weighted by atomic mass is 10.1. The Morgan fingerprint density at radius 3 is 2.71 bits per heavy atom. The summed E-state index contributed by atoms with van der Waals surface area (Å²) in [4.78, 5) is 11.9. The first-order valence-corrected chi connectivity index (χ1v) is 8.13. The molecule has 24 heavy (non-hydrogen) atoms. The third-order valence-electron chi connectivity index (χ3n) is 3.96. The maximum atomic E-state index is 11.9. The van der Waals surface area contributed by atoms with Crippen LogP contribution in [0.5, 0.6) is 11.5 Å². The summed E-state index contributed by atoms with van der Waals surface area (Å²) in [5, 5.41) is 6.04. The molecule has 1 atom stereocenters. The lowest BCUT2D eigenvalue weighted by molar-refractivity contribution is -0.120. The Hall–Kier alpha value is -2.53. The van der Waals surface area contributed by atoms with Gasteiger partial charge in [0.15, 0.2) is 11.5 Å². The smallest absolute Gasteiger partial charge is 0.234 e. The first-order valence-electron chi connectivity index (χ1n) is 8.13. The van der Waals surface area contributed by atoms with Crippen LogP contribution in [0.15, 0.2) is 48.5 Å². The molecule has 0 radical (unpaired) electrons. The Balaban J connectivity index is 1.38. The number of nitrogens with one attached hydrogen (secondary N) is 2. The fourth-order valence-corrected chi connectivity index (χ4v) is 2.58. The minimum Gasteiger partial charge on any atom is -0.486 e. The molecule has 2 N–H and O–H groups in total. The van der Waals surface area contributed by atoms with E-state index in [0.717, 1.165) is 17.1 Å². The molecule has 1 aliphatic heterocycles. The Bertz CT molecular complexity index is 703. The highest BCUT2D eigenvalue weighted by Gasteiger charge is 2.20. The number of carbonyl (C=O) groups is 1. The lowest BCUT2D eigenvalue weighted by Gasteiger charge is -2.26. The van der Waals surface area contributed by atoms with E-state index in [9.17, 15) is 4.79 Å². The molecular formula is C19H22N2O3. The van der Waals surface area contributed by atoms with Gasteiger partial charge in [0.1, 0.15) is 12.7 Å². The molecule has 2 aromatic rings. The van der Waals surface area contributed by atoms with Crippen molar-refractivity contribution in [2.45, 2.75) is 19.6 Å². The molecule has 0 saturated carbocycles. The molecule has 5 nitrogen and oxygen atoms in total. The molecule has 5 heteroatoms. The van der Waals surface area contributed by atoms with E-state index in [1.165, 1.54) is 5.56 Å². The quantitative estimate of drug-likeness (QED) is 0.853. The maximum absolute atomic E-state index is 11.9. The van der Waals surface area contributed by atoms with Crippen LogP contribution in [-0.4, -0.2) is 31.7 Å². The number of hydrogen-bond donors (Lipinski definition) is 2. The van der Waals surface area contributed by atoms with Gasteiger partial charge in [-0.2, -0.15) is 0 Å². The van der Waals surface area contributed by atoms with Crippen molar-refractivity contribution in [2.24, 2.45) is 0 Å². The number of carbonyl (C=O) groups excluding carboxylic acids is 1. The zero-order valence-corrected chi connectivity index (χ0v) is 13.7. The molecule has 1 unspecified atom stereocenters. The zero-order chi connectivity index (χ0) is 16.8. The van der Waals surface area contributed by atoms with E-state index in [4.69, 9.17) is 9.47 Å². The van der Waals surface area contributed by atoms with Crippen molar-refractivity contribution in [3.63, 3.8) is 0 Å². The summed E-state index contributed by atoms with van der Waals surface area (Å²) in [6.45, 7) is 3.88. The van der Waals surface area contributed by atoms with Gasteiger partial charge in [0.25, 0.3) is 0 Å². The minimum atomic E-state index is -0.0935. The summed E-state index contributed by atoms with van der Waals surface area (Å²) in [7, 11) is 0. The fourth-order valence-electron chi connectivity index (χ4n) is 2.58. The second-order valence-corrected chi connectivity index (χ2v) is 5.83. The summed E-state index contributed by atoms with van der Waals surface area (Å²) >= 11 is 0. The SMILES string of the molecule is Cc1ccccc1CNC(=O)CNCC1COc2ccccc2O1. The van der Waals surface area contributed by atoms with E-state index in [2.05, 4.69) is 10.6 Å². The van der Waals surface area contributed by atoms with Crippen molar-refractivity contribution in [1.29, 1.82) is 0 Å². The van der Waals surface area contributed by atoms with E-state index in [1.807, 2.05) is 55.5 Å². The molecule has 3 rings (SSSR count). The first kappa shape index (κ1) is 16.3. The van der Waals surface area contributed by atoms with Crippen molar-refractivity contribution in [3.05, 3.63) is 59.7 Å². The number of fused-ring (bicyclic) bond motifs is 1. The molecule has 1 heterocycles. The lowest BCUT2D eigenvalue weighted by Crippen LogP contribution is -2.42. The monoisotopic (exact) mass is 326 g/mol. The largest absolute Gasteiger partial charge is 0.486 e. The molecule has 0 saturated heterocycles. The predicted octanol–water partition coefficient (Wildman–Crippen LogP) is 2.04. The van der Waals surface area contributed by atoms with Gasteiger partial charge in [0.05, 0.1) is 6.54 Å². The van der Waals surface area contributed by atoms with Crippen molar-refractivity contribution >= 4 is 5.91 Å². The number of para-hydroxylation sites is 2. The molecular weight excluding hydrogens is 304 g/mol. The molecule has 0 aromatic heterocycles. The molecule has 0 fully saturated rings. The van der Waals surface area contributed by atoms with E-state index < -0.39 is 0 Å². The Morgan fingerprint density at radius 1 is 1.12 bits per heavy atom. The number of hydrogen-bond acceptors (Lipinski definition) is 4. The molecule has 2 aromatic carbocycles. The van der Waals surface area contributed by atoms with E-state index in [0.29, 0.717) is 19.7 Å². The van der Waals surface area contributed by atoms with Crippen molar-refractivity contribution in [2.75, 3.05) is 19.7 Å². The number of aryl methyl sites for hydroxylation is 1.